The van der Waals surface area contributed by atoms with Crippen LogP contribution in [0, 0.1) is 0 Å². The Balaban J connectivity index is 1.70. The number of nitrogens with two attached hydrogens (primary N) is 1. The fourth-order valence-corrected chi connectivity index (χ4v) is 3.00. The fraction of sp³-hybridized carbons (Fsp3) is 0.158. The molecular formula is C19H19N3O. The molecule has 4 rings (SSSR count). The van der Waals surface area contributed by atoms with E-state index in [-0.39, 0.29) is 5.54 Å². The van der Waals surface area contributed by atoms with Gasteiger partial charge in [0.25, 0.3) is 0 Å². The fourth-order valence-electron chi connectivity index (χ4n) is 3.00. The van der Waals surface area contributed by atoms with E-state index in [1.807, 2.05) is 36.4 Å². The first kappa shape index (κ1) is 13.9. The quantitative estimate of drug-likeness (QED) is 0.618. The van der Waals surface area contributed by atoms with Crippen LogP contribution in [0.4, 0.5) is 17.1 Å². The molecule has 116 valence electrons. The lowest BCUT2D eigenvalue weighted by Crippen LogP contribution is -2.31. The van der Waals surface area contributed by atoms with E-state index in [4.69, 9.17) is 10.6 Å². The van der Waals surface area contributed by atoms with Crippen LogP contribution < -0.4 is 21.4 Å². The molecule has 0 spiro atoms. The summed E-state index contributed by atoms with van der Waals surface area (Å²) in [4.78, 5) is 5.57. The van der Waals surface area contributed by atoms with Gasteiger partial charge in [-0.15, -0.1) is 5.48 Å². The second-order valence-electron chi connectivity index (χ2n) is 6.41. The molecule has 0 saturated heterocycles. The average molecular weight is 305 g/mol. The monoisotopic (exact) mass is 305 g/mol. The summed E-state index contributed by atoms with van der Waals surface area (Å²) in [5.41, 5.74) is 12.9. The Morgan fingerprint density at radius 3 is 2.74 bits per heavy atom. The summed E-state index contributed by atoms with van der Waals surface area (Å²) >= 11 is 0. The third-order valence-electron chi connectivity index (χ3n) is 4.32. The maximum absolute atomic E-state index is 6.32. The van der Waals surface area contributed by atoms with Gasteiger partial charge in [0, 0.05) is 22.7 Å². The number of fused-ring (bicyclic) bond motifs is 2. The zero-order chi connectivity index (χ0) is 16.0. The molecule has 0 bridgehead atoms. The van der Waals surface area contributed by atoms with E-state index in [2.05, 4.69) is 42.8 Å². The Labute approximate surface area is 135 Å². The van der Waals surface area contributed by atoms with Crippen molar-refractivity contribution in [2.24, 2.45) is 0 Å². The predicted molar refractivity (Wildman–Crippen MR) is 94.9 cm³/mol. The van der Waals surface area contributed by atoms with E-state index in [0.29, 0.717) is 0 Å². The number of nitrogens with one attached hydrogen (secondary N) is 2. The number of rotatable bonds is 2. The van der Waals surface area contributed by atoms with Gasteiger partial charge >= 0.3 is 0 Å². The van der Waals surface area contributed by atoms with Crippen LogP contribution in [0.5, 0.6) is 5.75 Å². The van der Waals surface area contributed by atoms with Crippen molar-refractivity contribution in [2.75, 3.05) is 11.1 Å². The van der Waals surface area contributed by atoms with Gasteiger partial charge in [-0.05, 0) is 31.4 Å². The number of hydroxylamine groups is 1. The zero-order valence-electron chi connectivity index (χ0n) is 13.2. The van der Waals surface area contributed by atoms with E-state index in [0.717, 1.165) is 39.1 Å². The lowest BCUT2D eigenvalue weighted by molar-refractivity contribution is 0.151. The maximum Gasteiger partial charge on any atom is 0.154 e. The molecule has 1 aliphatic rings. The molecule has 0 aliphatic carbocycles. The molecule has 0 aromatic heterocycles. The Kier molecular flexibility index (Phi) is 2.96. The van der Waals surface area contributed by atoms with Crippen LogP contribution in [0.2, 0.25) is 0 Å². The summed E-state index contributed by atoms with van der Waals surface area (Å²) in [5.74, 6) is 0.847. The lowest BCUT2D eigenvalue weighted by atomic mass is 9.95. The average Bonchev–Trinajstić information content (AvgIpc) is 2.85. The minimum absolute atomic E-state index is 0.171. The first-order chi connectivity index (χ1) is 11.0. The van der Waals surface area contributed by atoms with Crippen molar-refractivity contribution in [3.63, 3.8) is 0 Å². The Bertz CT molecular complexity index is 902. The highest BCUT2D eigenvalue weighted by Crippen LogP contribution is 2.38. The Morgan fingerprint density at radius 1 is 1.04 bits per heavy atom. The van der Waals surface area contributed by atoms with Crippen LogP contribution in [0.25, 0.3) is 10.8 Å². The largest absolute Gasteiger partial charge is 0.407 e. The molecule has 4 nitrogen and oxygen atoms in total. The maximum atomic E-state index is 6.32. The standard InChI is InChI=1S/C19H19N3O/c1-19(2)15-9-8-13(11-17(15)23-22-19)21-16-10-7-12-5-3-4-6-14(12)18(16)20/h3-11,21-22H,20H2,1-2H3. The SMILES string of the molecule is CC1(C)NOc2cc(Nc3ccc4ccccc4c3N)ccc21. The van der Waals surface area contributed by atoms with Crippen molar-refractivity contribution >= 4 is 27.8 Å². The van der Waals surface area contributed by atoms with Crippen molar-refractivity contribution in [1.82, 2.24) is 5.48 Å². The van der Waals surface area contributed by atoms with Gasteiger partial charge < -0.3 is 15.9 Å². The summed E-state index contributed by atoms with van der Waals surface area (Å²) in [7, 11) is 0. The van der Waals surface area contributed by atoms with Crippen molar-refractivity contribution in [2.45, 2.75) is 19.4 Å². The highest BCUT2D eigenvalue weighted by molar-refractivity contribution is 5.99. The molecule has 0 fully saturated rings. The molecule has 0 atom stereocenters. The zero-order valence-corrected chi connectivity index (χ0v) is 13.2. The number of anilines is 3. The van der Waals surface area contributed by atoms with Crippen LogP contribution in [0.1, 0.15) is 19.4 Å². The molecule has 0 radical (unpaired) electrons. The number of hydrogen-bond acceptors (Lipinski definition) is 4. The molecule has 23 heavy (non-hydrogen) atoms. The normalized spacial score (nSPS) is 15.2. The van der Waals surface area contributed by atoms with E-state index in [9.17, 15) is 0 Å². The van der Waals surface area contributed by atoms with Crippen LogP contribution in [-0.4, -0.2) is 0 Å². The Morgan fingerprint density at radius 2 is 1.87 bits per heavy atom. The number of nitrogen functional groups attached to an aromatic ring is 1. The molecule has 3 aromatic carbocycles. The molecule has 0 amide bonds. The molecule has 1 heterocycles. The third-order valence-corrected chi connectivity index (χ3v) is 4.32. The van der Waals surface area contributed by atoms with Gasteiger partial charge in [-0.2, -0.15) is 0 Å². The summed E-state index contributed by atoms with van der Waals surface area (Å²) < 4.78 is 0. The molecule has 0 saturated carbocycles. The molecule has 3 aromatic rings. The molecule has 1 aliphatic heterocycles. The second-order valence-corrected chi connectivity index (χ2v) is 6.41. The highest BCUT2D eigenvalue weighted by atomic mass is 16.7. The smallest absolute Gasteiger partial charge is 0.154 e. The number of hydrogen-bond donors (Lipinski definition) is 3. The minimum atomic E-state index is -0.171. The highest BCUT2D eigenvalue weighted by Gasteiger charge is 2.31. The molecule has 0 unspecified atom stereocenters. The van der Waals surface area contributed by atoms with Crippen molar-refractivity contribution in [3.05, 3.63) is 60.2 Å². The van der Waals surface area contributed by atoms with Gasteiger partial charge in [-0.25, -0.2) is 0 Å². The van der Waals surface area contributed by atoms with E-state index in [1.54, 1.807) is 0 Å². The van der Waals surface area contributed by atoms with Gasteiger partial charge in [0.1, 0.15) is 0 Å². The lowest BCUT2D eigenvalue weighted by Gasteiger charge is -2.16. The summed E-state index contributed by atoms with van der Waals surface area (Å²) in [6.07, 6.45) is 0. The van der Waals surface area contributed by atoms with Crippen LogP contribution >= 0.6 is 0 Å². The Hall–Kier alpha value is -2.72. The van der Waals surface area contributed by atoms with Crippen LogP contribution in [-0.2, 0) is 5.54 Å². The summed E-state index contributed by atoms with van der Waals surface area (Å²) in [5, 5.41) is 5.58. The van der Waals surface area contributed by atoms with Crippen molar-refractivity contribution in [1.29, 1.82) is 0 Å². The first-order valence-corrected chi connectivity index (χ1v) is 7.67. The van der Waals surface area contributed by atoms with Gasteiger partial charge in [-0.1, -0.05) is 36.4 Å². The van der Waals surface area contributed by atoms with E-state index < -0.39 is 0 Å². The van der Waals surface area contributed by atoms with Gasteiger partial charge in [0.15, 0.2) is 5.75 Å². The van der Waals surface area contributed by atoms with Crippen molar-refractivity contribution in [3.8, 4) is 5.75 Å². The van der Waals surface area contributed by atoms with Gasteiger partial charge in [0.05, 0.1) is 16.9 Å². The third kappa shape index (κ3) is 2.28. The molecule has 4 heteroatoms. The second kappa shape index (κ2) is 4.89. The summed E-state index contributed by atoms with van der Waals surface area (Å²) in [6, 6.07) is 18.3. The van der Waals surface area contributed by atoms with Crippen LogP contribution in [0.3, 0.4) is 0 Å². The van der Waals surface area contributed by atoms with E-state index in [1.165, 1.54) is 0 Å². The van der Waals surface area contributed by atoms with E-state index >= 15 is 0 Å². The van der Waals surface area contributed by atoms with Crippen LogP contribution in [0.15, 0.2) is 54.6 Å². The van der Waals surface area contributed by atoms with Gasteiger partial charge in [0.2, 0.25) is 0 Å². The minimum Gasteiger partial charge on any atom is -0.407 e. The summed E-state index contributed by atoms with van der Waals surface area (Å²) in [6.45, 7) is 4.18. The molecular weight excluding hydrogens is 286 g/mol. The van der Waals surface area contributed by atoms with Gasteiger partial charge in [-0.3, -0.25) is 0 Å². The predicted octanol–water partition coefficient (Wildman–Crippen LogP) is 4.30. The topological polar surface area (TPSA) is 59.3 Å². The first-order valence-electron chi connectivity index (χ1n) is 7.67. The van der Waals surface area contributed by atoms with Crippen molar-refractivity contribution < 1.29 is 4.84 Å². The number of benzene rings is 3. The molecule has 4 N–H and O–H groups in total.